The number of benzene rings is 1. The van der Waals surface area contributed by atoms with E-state index in [9.17, 15) is 14.5 Å². The van der Waals surface area contributed by atoms with E-state index in [4.69, 9.17) is 0 Å². The Hall–Kier alpha value is -1.22. The molecule has 94 valence electrons. The number of nitrogens with one attached hydrogen (secondary N) is 1. The molecule has 0 atom stereocenters. The molecule has 2 rings (SSSR count). The first kappa shape index (κ1) is 13.2. The van der Waals surface area contributed by atoms with Crippen molar-refractivity contribution in [1.29, 1.82) is 0 Å². The Morgan fingerprint density at radius 3 is 2.89 bits per heavy atom. The molecule has 0 radical (unpaired) electrons. The van der Waals surface area contributed by atoms with Crippen molar-refractivity contribution in [1.82, 2.24) is 0 Å². The zero-order chi connectivity index (χ0) is 13.1. The number of anilines is 1. The predicted octanol–water partition coefficient (Wildman–Crippen LogP) is 4.01. The van der Waals surface area contributed by atoms with Crippen molar-refractivity contribution in [2.75, 3.05) is 5.32 Å². The fourth-order valence-electron chi connectivity index (χ4n) is 1.42. The van der Waals surface area contributed by atoms with Crippen molar-refractivity contribution in [3.05, 3.63) is 54.0 Å². The van der Waals surface area contributed by atoms with Crippen LogP contribution in [-0.2, 0) is 6.54 Å². The Bertz CT molecular complexity index is 575. The Kier molecular flexibility index (Phi) is 4.12. The molecule has 1 aromatic carbocycles. The van der Waals surface area contributed by atoms with Crippen LogP contribution in [0, 0.1) is 19.5 Å². The number of nitro groups is 1. The van der Waals surface area contributed by atoms with Crippen molar-refractivity contribution in [2.45, 2.75) is 6.54 Å². The summed E-state index contributed by atoms with van der Waals surface area (Å²) in [5, 5.41) is 17.6. The number of thiophene rings is 1. The van der Waals surface area contributed by atoms with E-state index in [1.807, 2.05) is 16.8 Å². The van der Waals surface area contributed by atoms with Crippen LogP contribution < -0.4 is 5.32 Å². The Labute approximate surface area is 120 Å². The fourth-order valence-corrected chi connectivity index (χ4v) is 2.54. The van der Waals surface area contributed by atoms with Crippen LogP contribution in [0.5, 0.6) is 0 Å². The van der Waals surface area contributed by atoms with Crippen molar-refractivity contribution < 1.29 is 9.31 Å². The molecule has 0 unspecified atom stereocenters. The zero-order valence-corrected chi connectivity index (χ0v) is 12.0. The van der Waals surface area contributed by atoms with Gasteiger partial charge >= 0.3 is 0 Å². The van der Waals surface area contributed by atoms with Crippen molar-refractivity contribution in [3.63, 3.8) is 0 Å². The summed E-state index contributed by atoms with van der Waals surface area (Å²) in [7, 11) is 0. The first-order chi connectivity index (χ1) is 8.58. The third kappa shape index (κ3) is 2.96. The summed E-state index contributed by atoms with van der Waals surface area (Å²) < 4.78 is 13.7. The standard InChI is InChI=1S/C11H8FIN2O2S/c12-8-3-10(11(15(16)17)4-9(8)13)14-5-7-1-2-18-6-7/h1-4,6,14H,5H2. The normalized spacial score (nSPS) is 10.3. The van der Waals surface area contributed by atoms with Crippen LogP contribution in [0.3, 0.4) is 0 Å². The van der Waals surface area contributed by atoms with Crippen molar-refractivity contribution in [3.8, 4) is 0 Å². The van der Waals surface area contributed by atoms with Crippen LogP contribution in [0.4, 0.5) is 15.8 Å². The number of hydrogen-bond acceptors (Lipinski definition) is 4. The van der Waals surface area contributed by atoms with E-state index in [1.165, 1.54) is 6.07 Å². The molecule has 1 heterocycles. The molecular formula is C11H8FIN2O2S. The number of nitrogens with zero attached hydrogens (tertiary/aromatic N) is 1. The molecule has 0 saturated carbocycles. The molecule has 7 heteroatoms. The largest absolute Gasteiger partial charge is 0.375 e. The number of rotatable bonds is 4. The molecule has 0 bridgehead atoms. The minimum absolute atomic E-state index is 0.115. The van der Waals surface area contributed by atoms with Crippen LogP contribution in [0.1, 0.15) is 5.56 Å². The monoisotopic (exact) mass is 378 g/mol. The van der Waals surface area contributed by atoms with Gasteiger partial charge in [0.1, 0.15) is 11.5 Å². The molecule has 4 nitrogen and oxygen atoms in total. The third-order valence-electron chi connectivity index (χ3n) is 2.30. The molecular weight excluding hydrogens is 370 g/mol. The van der Waals surface area contributed by atoms with Gasteiger partial charge in [-0.1, -0.05) is 0 Å². The first-order valence-corrected chi connectivity index (χ1v) is 6.98. The summed E-state index contributed by atoms with van der Waals surface area (Å²) in [5.41, 5.74) is 1.09. The van der Waals surface area contributed by atoms with Crippen LogP contribution >= 0.6 is 33.9 Å². The molecule has 0 aliphatic rings. The smallest absolute Gasteiger partial charge is 0.293 e. The minimum Gasteiger partial charge on any atom is -0.375 e. The van der Waals surface area contributed by atoms with Gasteiger partial charge in [-0.15, -0.1) is 0 Å². The average Bonchev–Trinajstić information content (AvgIpc) is 2.83. The summed E-state index contributed by atoms with van der Waals surface area (Å²) in [6, 6.07) is 4.30. The van der Waals surface area contributed by atoms with Gasteiger partial charge in [0.15, 0.2) is 0 Å². The van der Waals surface area contributed by atoms with Crippen molar-refractivity contribution >= 4 is 45.3 Å². The van der Waals surface area contributed by atoms with Crippen LogP contribution in [0.15, 0.2) is 29.0 Å². The molecule has 2 aromatic rings. The molecule has 0 spiro atoms. The maximum atomic E-state index is 13.4. The summed E-state index contributed by atoms with van der Waals surface area (Å²) in [4.78, 5) is 10.4. The van der Waals surface area contributed by atoms with E-state index in [0.717, 1.165) is 11.6 Å². The highest BCUT2D eigenvalue weighted by molar-refractivity contribution is 14.1. The second-order valence-corrected chi connectivity index (χ2v) is 5.47. The van der Waals surface area contributed by atoms with Gasteiger partial charge in [0.25, 0.3) is 5.69 Å². The minimum atomic E-state index is -0.516. The van der Waals surface area contributed by atoms with Gasteiger partial charge in [-0.3, -0.25) is 10.1 Å². The van der Waals surface area contributed by atoms with E-state index in [1.54, 1.807) is 33.9 Å². The van der Waals surface area contributed by atoms with Gasteiger partial charge < -0.3 is 5.32 Å². The molecule has 18 heavy (non-hydrogen) atoms. The van der Waals surface area contributed by atoms with E-state index in [2.05, 4.69) is 5.32 Å². The SMILES string of the molecule is O=[N+]([O-])c1cc(I)c(F)cc1NCc1ccsc1. The molecule has 0 saturated heterocycles. The lowest BCUT2D eigenvalue weighted by Crippen LogP contribution is -2.03. The lowest BCUT2D eigenvalue weighted by atomic mass is 10.2. The van der Waals surface area contributed by atoms with Crippen LogP contribution in [0.2, 0.25) is 0 Å². The van der Waals surface area contributed by atoms with Gasteiger partial charge in [0.2, 0.25) is 0 Å². The van der Waals surface area contributed by atoms with Crippen LogP contribution in [0.25, 0.3) is 0 Å². The molecule has 0 aliphatic carbocycles. The molecule has 0 amide bonds. The van der Waals surface area contributed by atoms with E-state index >= 15 is 0 Å². The number of halogens is 2. The van der Waals surface area contributed by atoms with Crippen LogP contribution in [-0.4, -0.2) is 4.92 Å². The third-order valence-corrected chi connectivity index (χ3v) is 3.86. The summed E-state index contributed by atoms with van der Waals surface area (Å²) in [6.07, 6.45) is 0. The maximum absolute atomic E-state index is 13.4. The van der Waals surface area contributed by atoms with E-state index < -0.39 is 10.7 Å². The summed E-state index contributed by atoms with van der Waals surface area (Å²) in [6.45, 7) is 0.435. The highest BCUT2D eigenvalue weighted by Crippen LogP contribution is 2.29. The average molecular weight is 378 g/mol. The summed E-state index contributed by atoms with van der Waals surface area (Å²) >= 11 is 3.28. The first-order valence-electron chi connectivity index (χ1n) is 4.96. The van der Waals surface area contributed by atoms with E-state index in [-0.39, 0.29) is 14.9 Å². The number of nitro benzene ring substituents is 1. The van der Waals surface area contributed by atoms with E-state index in [0.29, 0.717) is 6.54 Å². The highest BCUT2D eigenvalue weighted by atomic mass is 127. The Balaban J connectivity index is 2.25. The highest BCUT2D eigenvalue weighted by Gasteiger charge is 2.17. The Morgan fingerprint density at radius 1 is 1.50 bits per heavy atom. The topological polar surface area (TPSA) is 55.2 Å². The van der Waals surface area contributed by atoms with Gasteiger partial charge in [-0.05, 0) is 45.0 Å². The molecule has 1 aromatic heterocycles. The van der Waals surface area contributed by atoms with Crippen molar-refractivity contribution in [2.24, 2.45) is 0 Å². The predicted molar refractivity (Wildman–Crippen MR) is 77.4 cm³/mol. The fraction of sp³-hybridized carbons (Fsp3) is 0.0909. The molecule has 1 N–H and O–H groups in total. The summed E-state index contributed by atoms with van der Waals surface area (Å²) in [5.74, 6) is -0.464. The lowest BCUT2D eigenvalue weighted by molar-refractivity contribution is -0.384. The number of hydrogen-bond donors (Lipinski definition) is 1. The Morgan fingerprint density at radius 2 is 2.28 bits per heavy atom. The molecule has 0 aliphatic heterocycles. The maximum Gasteiger partial charge on any atom is 0.293 e. The van der Waals surface area contributed by atoms with Gasteiger partial charge in [0.05, 0.1) is 8.49 Å². The molecule has 0 fully saturated rings. The van der Waals surface area contributed by atoms with Gasteiger partial charge in [-0.25, -0.2) is 4.39 Å². The van der Waals surface area contributed by atoms with Gasteiger partial charge in [0, 0.05) is 18.7 Å². The quantitative estimate of drug-likeness (QED) is 0.497. The zero-order valence-electron chi connectivity index (χ0n) is 9.02. The second kappa shape index (κ2) is 5.61. The second-order valence-electron chi connectivity index (χ2n) is 3.53. The van der Waals surface area contributed by atoms with Gasteiger partial charge in [-0.2, -0.15) is 11.3 Å². The lowest BCUT2D eigenvalue weighted by Gasteiger charge is -2.07.